The quantitative estimate of drug-likeness (QED) is 0.0557. The zero-order chi connectivity index (χ0) is 48.6. The molecule has 4 aliphatic heterocycles. The fourth-order valence-corrected chi connectivity index (χ4v) is 17.1. The third-order valence-electron chi connectivity index (χ3n) is 17.4. The van der Waals surface area contributed by atoms with Crippen molar-refractivity contribution in [3.63, 3.8) is 0 Å². The van der Waals surface area contributed by atoms with Gasteiger partial charge in [0.15, 0.2) is 17.0 Å². The molecule has 1 spiro atoms. The summed E-state index contributed by atoms with van der Waals surface area (Å²) in [6.45, 7) is 2.75. The Labute approximate surface area is 409 Å². The number of esters is 1. The van der Waals surface area contributed by atoms with Gasteiger partial charge in [-0.15, -0.1) is 0 Å². The van der Waals surface area contributed by atoms with E-state index < -0.39 is 46.7 Å². The van der Waals surface area contributed by atoms with Gasteiger partial charge in [0.2, 0.25) is 5.91 Å². The molecule has 8 N–H and O–H groups in total. The van der Waals surface area contributed by atoms with Crippen LogP contribution in [0.5, 0.6) is 5.75 Å². The van der Waals surface area contributed by atoms with Crippen LogP contribution in [0.3, 0.4) is 0 Å². The zero-order valence-corrected chi connectivity index (χ0v) is 41.0. The average Bonchev–Trinajstić information content (AvgIpc) is 3.96. The van der Waals surface area contributed by atoms with Gasteiger partial charge in [-0.25, -0.2) is 9.59 Å². The maximum atomic E-state index is 15.1. The number of dihydropyridines is 1. The summed E-state index contributed by atoms with van der Waals surface area (Å²) in [6, 6.07) is 5.14. The van der Waals surface area contributed by atoms with Crippen molar-refractivity contribution in [1.82, 2.24) is 15.5 Å². The lowest BCUT2D eigenvalue weighted by Gasteiger charge is -2.62. The molecule has 15 nitrogen and oxygen atoms in total. The number of aliphatic hydroxyl groups excluding tert-OH is 4. The lowest BCUT2D eigenvalue weighted by Crippen LogP contribution is -2.75. The van der Waals surface area contributed by atoms with Gasteiger partial charge in [-0.05, 0) is 93.5 Å². The smallest absolute Gasteiger partial charge is 0.340 e. The Morgan fingerprint density at radius 1 is 1.13 bits per heavy atom. The van der Waals surface area contributed by atoms with Crippen molar-refractivity contribution in [2.75, 3.05) is 45.8 Å². The Morgan fingerprint density at radius 3 is 2.64 bits per heavy atom. The molecular weight excluding hydrogens is 921 g/mol. The van der Waals surface area contributed by atoms with E-state index in [4.69, 9.17) is 19.6 Å². The molecule has 8 aliphatic rings. The number of amides is 1. The summed E-state index contributed by atoms with van der Waals surface area (Å²) in [6.07, 6.45) is 13.3. The van der Waals surface area contributed by atoms with E-state index >= 15 is 4.79 Å². The second-order valence-corrected chi connectivity index (χ2v) is 23.1. The van der Waals surface area contributed by atoms with Crippen molar-refractivity contribution in [3.8, 4) is 5.75 Å². The summed E-state index contributed by atoms with van der Waals surface area (Å²) in [4.78, 5) is 59.3. The van der Waals surface area contributed by atoms with E-state index in [1.165, 1.54) is 0 Å². The number of allylic oxidation sites excluding steroid dienone is 3. The fourth-order valence-electron chi connectivity index (χ4n) is 14.0. The largest absolute Gasteiger partial charge is 0.481 e. The fraction of sp³-hybridized carbons (Fsp3) is 0.577. The first-order chi connectivity index (χ1) is 33.3. The lowest BCUT2D eigenvalue weighted by molar-refractivity contribution is -0.202. The molecule has 10 rings (SSSR count). The minimum atomic E-state index is -1.60. The van der Waals surface area contributed by atoms with Crippen molar-refractivity contribution in [3.05, 3.63) is 98.2 Å². The molecule has 370 valence electrons. The predicted molar refractivity (Wildman–Crippen MR) is 263 cm³/mol. The number of carbonyl (C=O) groups excluding carboxylic acids is 3. The van der Waals surface area contributed by atoms with Gasteiger partial charge in [-0.3, -0.25) is 9.59 Å². The molecule has 5 heterocycles. The van der Waals surface area contributed by atoms with Crippen molar-refractivity contribution in [1.29, 1.82) is 0 Å². The number of carbonyl (C=O) groups is 3. The summed E-state index contributed by atoms with van der Waals surface area (Å²) in [5.41, 5.74) is 6.58. The Hall–Kier alpha value is -4.36. The highest BCUT2D eigenvalue weighted by Crippen LogP contribution is 2.60. The van der Waals surface area contributed by atoms with Gasteiger partial charge in [-0.2, -0.15) is 0 Å². The standard InChI is InChI=1S/C52H64N4O11S2/c1-4-27(9-13-57)48(63)67-50(2)33(25-60)16-31-26-68-69-41-19-35-38(61)8-7-37-44(46(35)54-3)47(41)56(37)43(62)18-30-23-55-42(53)20-34(30)45(31)52(50)22-29-15-28-17-36(49(64)65-39(28)21-40(29)66-52)51(11-5-6-12-51)32(24-59)10-14-58/h4,7-8,15-17,20-21,32-33,35,37,41,44-47,54-55,57-60H,5-6,9-14,18-19,22-26,53H2,1-3H3. The highest BCUT2D eigenvalue weighted by atomic mass is 33.1. The van der Waals surface area contributed by atoms with Gasteiger partial charge in [-0.1, -0.05) is 58.2 Å². The lowest BCUT2D eigenvalue weighted by atomic mass is 9.57. The van der Waals surface area contributed by atoms with E-state index in [-0.39, 0.29) is 110 Å². The molecule has 2 saturated carbocycles. The second-order valence-electron chi connectivity index (χ2n) is 20.5. The summed E-state index contributed by atoms with van der Waals surface area (Å²) in [7, 11) is 5.23. The molecular formula is C52H64N4O11S2. The SMILES string of the molecule is CC=C(CCO)C(=O)OC1(C)C(CO)C=C2CSSC3CC4C(=O)C=CC5C(C4NC)C3N5C(=O)CC3=C(C=C(N)NC3)C2C12Cc1cc3cc(C4(C(CO)CCO)CCCC4)c(=O)oc3cc1O2. The third kappa shape index (κ3) is 7.58. The summed E-state index contributed by atoms with van der Waals surface area (Å²) in [5.74, 6) is -1.41. The molecule has 1 aromatic heterocycles. The number of ether oxygens (including phenoxy) is 2. The summed E-state index contributed by atoms with van der Waals surface area (Å²) >= 11 is 0. The van der Waals surface area contributed by atoms with Crippen molar-refractivity contribution in [2.45, 2.75) is 112 Å². The monoisotopic (exact) mass is 984 g/mol. The molecule has 11 unspecified atom stereocenters. The molecule has 1 saturated heterocycles. The van der Waals surface area contributed by atoms with Crippen molar-refractivity contribution in [2.24, 2.45) is 35.3 Å². The molecule has 3 fully saturated rings. The summed E-state index contributed by atoms with van der Waals surface area (Å²) < 4.78 is 20.4. The molecule has 2 bridgehead atoms. The van der Waals surface area contributed by atoms with E-state index in [0.717, 1.165) is 35.1 Å². The van der Waals surface area contributed by atoms with Crippen molar-refractivity contribution >= 4 is 50.2 Å². The second kappa shape index (κ2) is 18.7. The molecule has 69 heavy (non-hydrogen) atoms. The third-order valence-corrected chi connectivity index (χ3v) is 20.2. The minimum absolute atomic E-state index is 0.0348. The first kappa shape index (κ1) is 48.3. The van der Waals surface area contributed by atoms with E-state index in [1.807, 2.05) is 42.3 Å². The first-order valence-electron chi connectivity index (χ1n) is 24.5. The van der Waals surface area contributed by atoms with Crippen LogP contribution < -0.4 is 26.7 Å². The number of nitrogens with two attached hydrogens (primary N) is 1. The Balaban J connectivity index is 1.14. The van der Waals surface area contributed by atoms with Gasteiger partial charge < -0.3 is 55.6 Å². The van der Waals surface area contributed by atoms with Crippen LogP contribution in [0.25, 0.3) is 11.0 Å². The number of fused-ring (bicyclic) bond motifs is 7. The zero-order valence-electron chi connectivity index (χ0n) is 39.4. The van der Waals surface area contributed by atoms with E-state index in [1.54, 1.807) is 53.7 Å². The van der Waals surface area contributed by atoms with Crippen LogP contribution in [0, 0.1) is 29.6 Å². The molecule has 2 aromatic rings. The highest BCUT2D eigenvalue weighted by molar-refractivity contribution is 8.77. The first-order valence-corrected chi connectivity index (χ1v) is 26.9. The number of hydrogen-bond donors (Lipinski definition) is 7. The van der Waals surface area contributed by atoms with Gasteiger partial charge in [0.25, 0.3) is 0 Å². The average molecular weight is 985 g/mol. The minimum Gasteiger partial charge on any atom is -0.481 e. The Kier molecular flexibility index (Phi) is 13.1. The normalized spacial score (nSPS) is 34.0. The van der Waals surface area contributed by atoms with E-state index in [9.17, 15) is 34.8 Å². The van der Waals surface area contributed by atoms with Gasteiger partial charge in [0.1, 0.15) is 11.3 Å². The molecule has 1 amide bonds. The van der Waals surface area contributed by atoms with Gasteiger partial charge >= 0.3 is 11.6 Å². The van der Waals surface area contributed by atoms with Gasteiger partial charge in [0, 0.05) is 102 Å². The molecule has 4 aliphatic carbocycles. The number of nitrogens with one attached hydrogen (secondary N) is 2. The topological polar surface area (TPSA) is 234 Å². The predicted octanol–water partition coefficient (Wildman–Crippen LogP) is 3.86. The van der Waals surface area contributed by atoms with Crippen LogP contribution in [0.4, 0.5) is 0 Å². The van der Waals surface area contributed by atoms with Crippen LogP contribution in [-0.2, 0) is 31.0 Å². The van der Waals surface area contributed by atoms with Gasteiger partial charge in [0.05, 0.1) is 36.9 Å². The number of rotatable bonds is 11. The Morgan fingerprint density at radius 2 is 1.93 bits per heavy atom. The Bertz CT molecular complexity index is 2650. The molecule has 1 aromatic carbocycles. The molecule has 17 heteroatoms. The number of nitrogens with zero attached hydrogens (tertiary/aromatic N) is 1. The number of benzene rings is 1. The number of ketones is 1. The molecule has 11 atom stereocenters. The van der Waals surface area contributed by atoms with E-state index in [2.05, 4.69) is 10.6 Å². The number of aliphatic hydroxyl groups is 4. The van der Waals surface area contributed by atoms with Crippen LogP contribution in [0.1, 0.15) is 76.3 Å². The van der Waals surface area contributed by atoms with Crippen LogP contribution in [0.2, 0.25) is 0 Å². The van der Waals surface area contributed by atoms with Crippen molar-refractivity contribution < 1.29 is 48.7 Å². The van der Waals surface area contributed by atoms with Crippen LogP contribution >= 0.6 is 21.6 Å². The highest BCUT2D eigenvalue weighted by Gasteiger charge is 2.68. The maximum Gasteiger partial charge on any atom is 0.340 e. The van der Waals surface area contributed by atoms with E-state index in [0.29, 0.717) is 54.0 Å². The van der Waals surface area contributed by atoms with Crippen LogP contribution in [0.15, 0.2) is 85.9 Å². The summed E-state index contributed by atoms with van der Waals surface area (Å²) in [5, 5.41) is 49.5. The number of hydrogen-bond acceptors (Lipinski definition) is 16. The maximum absolute atomic E-state index is 15.1. The molecule has 0 radical (unpaired) electrons. The van der Waals surface area contributed by atoms with Crippen LogP contribution in [-0.4, -0.2) is 123 Å².